The molecule has 1 aromatic heterocycles. The number of amides is 1. The van der Waals surface area contributed by atoms with Crippen molar-refractivity contribution in [1.82, 2.24) is 10.2 Å². The molecule has 112 valence electrons. The van der Waals surface area contributed by atoms with Crippen molar-refractivity contribution in [3.8, 4) is 11.5 Å². The van der Waals surface area contributed by atoms with Crippen molar-refractivity contribution in [3.05, 3.63) is 28.8 Å². The number of carbonyl (C=O) groups excluding carboxylic acids is 1. The molecule has 2 rings (SSSR count). The molecule has 0 atom stereocenters. The Morgan fingerprint density at radius 3 is 2.57 bits per heavy atom. The molecule has 0 aliphatic carbocycles. The zero-order valence-electron chi connectivity index (χ0n) is 12.3. The van der Waals surface area contributed by atoms with Crippen LogP contribution in [0.15, 0.2) is 18.2 Å². The predicted octanol–water partition coefficient (Wildman–Crippen LogP) is 2.80. The number of phenolic OH excluding ortho intramolecular Hbond substituents is 1. The minimum Gasteiger partial charge on any atom is -0.507 e. The number of aromatic nitrogens is 2. The number of benzene rings is 1. The van der Waals surface area contributed by atoms with Gasteiger partial charge in [0.2, 0.25) is 5.13 Å². The first kappa shape index (κ1) is 15.2. The molecule has 0 unspecified atom stereocenters. The normalized spacial score (nSPS) is 11.2. The number of carbonyl (C=O) groups is 1. The molecular formula is C14H17N3O3S. The van der Waals surface area contributed by atoms with Crippen LogP contribution >= 0.6 is 11.3 Å². The maximum absolute atomic E-state index is 12.1. The molecule has 0 aliphatic rings. The van der Waals surface area contributed by atoms with Gasteiger partial charge in [-0.25, -0.2) is 0 Å². The van der Waals surface area contributed by atoms with Gasteiger partial charge in [-0.05, 0) is 12.1 Å². The van der Waals surface area contributed by atoms with Gasteiger partial charge < -0.3 is 9.84 Å². The van der Waals surface area contributed by atoms with Gasteiger partial charge in [0, 0.05) is 11.5 Å². The number of aromatic hydroxyl groups is 1. The van der Waals surface area contributed by atoms with E-state index in [4.69, 9.17) is 4.74 Å². The van der Waals surface area contributed by atoms with Gasteiger partial charge in [-0.1, -0.05) is 32.1 Å². The molecule has 0 radical (unpaired) electrons. The first-order valence-electron chi connectivity index (χ1n) is 6.33. The molecule has 0 saturated carbocycles. The van der Waals surface area contributed by atoms with E-state index in [1.54, 1.807) is 6.07 Å². The minimum atomic E-state index is -0.438. The van der Waals surface area contributed by atoms with Crippen LogP contribution in [0.4, 0.5) is 5.13 Å². The van der Waals surface area contributed by atoms with Crippen molar-refractivity contribution in [3.63, 3.8) is 0 Å². The standard InChI is InChI=1S/C14H17N3O3S/c1-14(2,3)12-16-17-13(21-12)15-11(19)9-6-5-8(20-4)7-10(9)18/h5-7,18H,1-4H3,(H,15,17,19). The molecule has 2 aromatic rings. The fourth-order valence-corrected chi connectivity index (χ4v) is 2.37. The molecule has 0 bridgehead atoms. The van der Waals surface area contributed by atoms with Crippen LogP contribution in [0.25, 0.3) is 0 Å². The lowest BCUT2D eigenvalue weighted by atomic mass is 9.98. The number of phenols is 1. The van der Waals surface area contributed by atoms with Gasteiger partial charge in [0.15, 0.2) is 0 Å². The average molecular weight is 307 g/mol. The lowest BCUT2D eigenvalue weighted by molar-refractivity contribution is 0.102. The van der Waals surface area contributed by atoms with Crippen molar-refractivity contribution in [2.75, 3.05) is 12.4 Å². The van der Waals surface area contributed by atoms with Crippen molar-refractivity contribution in [1.29, 1.82) is 0 Å². The van der Waals surface area contributed by atoms with E-state index in [1.807, 2.05) is 20.8 Å². The highest BCUT2D eigenvalue weighted by Crippen LogP contribution is 2.29. The predicted molar refractivity (Wildman–Crippen MR) is 81.2 cm³/mol. The van der Waals surface area contributed by atoms with Crippen molar-refractivity contribution in [2.45, 2.75) is 26.2 Å². The van der Waals surface area contributed by atoms with Crippen LogP contribution in [-0.2, 0) is 5.41 Å². The van der Waals surface area contributed by atoms with Crippen LogP contribution < -0.4 is 10.1 Å². The summed E-state index contributed by atoms with van der Waals surface area (Å²) in [5.41, 5.74) is 0.0337. The first-order chi connectivity index (χ1) is 9.81. The zero-order valence-corrected chi connectivity index (χ0v) is 13.1. The van der Waals surface area contributed by atoms with Crippen LogP contribution in [0.2, 0.25) is 0 Å². The monoisotopic (exact) mass is 307 g/mol. The fourth-order valence-electron chi connectivity index (χ4n) is 1.57. The van der Waals surface area contributed by atoms with E-state index < -0.39 is 5.91 Å². The number of nitrogens with one attached hydrogen (secondary N) is 1. The Hall–Kier alpha value is -2.15. The summed E-state index contributed by atoms with van der Waals surface area (Å²) >= 11 is 1.32. The SMILES string of the molecule is COc1ccc(C(=O)Nc2nnc(C(C)(C)C)s2)c(O)c1. The van der Waals surface area contributed by atoms with Gasteiger partial charge in [0.1, 0.15) is 16.5 Å². The third kappa shape index (κ3) is 3.49. The molecule has 0 spiro atoms. The van der Waals surface area contributed by atoms with Crippen LogP contribution in [0, 0.1) is 0 Å². The van der Waals surface area contributed by atoms with Gasteiger partial charge in [-0.3, -0.25) is 10.1 Å². The second-order valence-electron chi connectivity index (χ2n) is 5.50. The largest absolute Gasteiger partial charge is 0.507 e. The first-order valence-corrected chi connectivity index (χ1v) is 7.15. The van der Waals surface area contributed by atoms with Gasteiger partial charge in [0.05, 0.1) is 12.7 Å². The quantitative estimate of drug-likeness (QED) is 0.911. The maximum atomic E-state index is 12.1. The number of nitrogens with zero attached hydrogens (tertiary/aromatic N) is 2. The Labute approximate surface area is 126 Å². The summed E-state index contributed by atoms with van der Waals surface area (Å²) < 4.78 is 4.98. The minimum absolute atomic E-state index is 0.122. The second kappa shape index (κ2) is 5.69. The number of ether oxygens (including phenoxy) is 1. The molecule has 1 aromatic carbocycles. The summed E-state index contributed by atoms with van der Waals surface area (Å²) in [6.45, 7) is 6.07. The highest BCUT2D eigenvalue weighted by Gasteiger charge is 2.21. The maximum Gasteiger partial charge on any atom is 0.261 e. The molecule has 7 heteroatoms. The van der Waals surface area contributed by atoms with E-state index >= 15 is 0 Å². The number of anilines is 1. The molecule has 1 heterocycles. The number of hydrogen-bond acceptors (Lipinski definition) is 6. The van der Waals surface area contributed by atoms with Crippen LogP contribution in [-0.4, -0.2) is 28.3 Å². The van der Waals surface area contributed by atoms with Crippen LogP contribution in [0.3, 0.4) is 0 Å². The fraction of sp³-hybridized carbons (Fsp3) is 0.357. The molecular weight excluding hydrogens is 290 g/mol. The molecule has 21 heavy (non-hydrogen) atoms. The van der Waals surface area contributed by atoms with Gasteiger partial charge in [-0.15, -0.1) is 10.2 Å². The van der Waals surface area contributed by atoms with Gasteiger partial charge >= 0.3 is 0 Å². The van der Waals surface area contributed by atoms with E-state index in [-0.39, 0.29) is 16.7 Å². The number of rotatable bonds is 3. The summed E-state index contributed by atoms with van der Waals surface area (Å²) in [5.74, 6) is -0.103. The molecule has 0 fully saturated rings. The van der Waals surface area contributed by atoms with Crippen LogP contribution in [0.1, 0.15) is 36.1 Å². The zero-order chi connectivity index (χ0) is 15.6. The number of hydrogen-bond donors (Lipinski definition) is 2. The highest BCUT2D eigenvalue weighted by atomic mass is 32.1. The Bertz CT molecular complexity index is 662. The molecule has 0 aliphatic heterocycles. The molecule has 1 amide bonds. The van der Waals surface area contributed by atoms with E-state index in [1.165, 1.54) is 30.6 Å². The third-order valence-electron chi connectivity index (χ3n) is 2.74. The van der Waals surface area contributed by atoms with E-state index in [9.17, 15) is 9.90 Å². The smallest absolute Gasteiger partial charge is 0.261 e. The average Bonchev–Trinajstić information content (AvgIpc) is 2.86. The van der Waals surface area contributed by atoms with Crippen molar-refractivity contribution >= 4 is 22.4 Å². The summed E-state index contributed by atoms with van der Waals surface area (Å²) in [7, 11) is 1.49. The van der Waals surface area contributed by atoms with E-state index in [0.717, 1.165) is 5.01 Å². The topological polar surface area (TPSA) is 84.3 Å². The lowest BCUT2D eigenvalue weighted by Gasteiger charge is -2.12. The Morgan fingerprint density at radius 2 is 2.05 bits per heavy atom. The van der Waals surface area contributed by atoms with E-state index in [0.29, 0.717) is 10.9 Å². The van der Waals surface area contributed by atoms with Gasteiger partial charge in [0.25, 0.3) is 5.91 Å². The molecule has 0 saturated heterocycles. The van der Waals surface area contributed by atoms with Crippen LogP contribution in [0.5, 0.6) is 11.5 Å². The van der Waals surface area contributed by atoms with Crippen molar-refractivity contribution < 1.29 is 14.6 Å². The molecule has 6 nitrogen and oxygen atoms in total. The summed E-state index contributed by atoms with van der Waals surface area (Å²) in [5, 5.41) is 21.7. The van der Waals surface area contributed by atoms with Gasteiger partial charge in [-0.2, -0.15) is 0 Å². The third-order valence-corrected chi connectivity index (χ3v) is 4.00. The van der Waals surface area contributed by atoms with Crippen molar-refractivity contribution in [2.24, 2.45) is 0 Å². The Balaban J connectivity index is 2.16. The van der Waals surface area contributed by atoms with E-state index in [2.05, 4.69) is 15.5 Å². The molecule has 2 N–H and O–H groups in total. The second-order valence-corrected chi connectivity index (χ2v) is 6.48. The highest BCUT2D eigenvalue weighted by molar-refractivity contribution is 7.15. The lowest BCUT2D eigenvalue weighted by Crippen LogP contribution is -2.12. The Kier molecular flexibility index (Phi) is 4.13. The Morgan fingerprint density at radius 1 is 1.33 bits per heavy atom. The summed E-state index contributed by atoms with van der Waals surface area (Å²) in [4.78, 5) is 12.1. The summed E-state index contributed by atoms with van der Waals surface area (Å²) in [6, 6.07) is 4.49. The summed E-state index contributed by atoms with van der Waals surface area (Å²) in [6.07, 6.45) is 0. The number of methoxy groups -OCH3 is 1.